The minimum Gasteiger partial charge on any atom is -0.465 e. The first-order valence-electron chi connectivity index (χ1n) is 7.41. The number of nitrogens with zero attached hydrogens (tertiary/aromatic N) is 1. The summed E-state index contributed by atoms with van der Waals surface area (Å²) in [5.41, 5.74) is -1.19. The van der Waals surface area contributed by atoms with Gasteiger partial charge in [-0.1, -0.05) is 0 Å². The monoisotopic (exact) mass is 367 g/mol. The standard InChI is InChI=1S/C16H12F3N3O4/c17-16(18,19)10-7-8(1-3-11(10)21-15(24)25)26-12-5-6-20-14-9(12)2-4-13(23)22-14/h1,3,5-7,21H,2,4H2,(H,24,25)(H,20,22,23). The van der Waals surface area contributed by atoms with Gasteiger partial charge in [0.1, 0.15) is 17.3 Å². The van der Waals surface area contributed by atoms with Crippen LogP contribution < -0.4 is 15.4 Å². The molecule has 0 saturated carbocycles. The number of hydrogen-bond donors (Lipinski definition) is 3. The highest BCUT2D eigenvalue weighted by molar-refractivity contribution is 5.93. The molecule has 2 heterocycles. The molecule has 1 aromatic carbocycles. The third-order valence-electron chi connectivity index (χ3n) is 3.64. The zero-order valence-electron chi connectivity index (χ0n) is 13.1. The fourth-order valence-corrected chi connectivity index (χ4v) is 2.53. The molecule has 2 aromatic rings. The van der Waals surface area contributed by atoms with Crippen LogP contribution in [-0.2, 0) is 17.4 Å². The van der Waals surface area contributed by atoms with Gasteiger partial charge in [0, 0.05) is 18.2 Å². The highest BCUT2D eigenvalue weighted by Crippen LogP contribution is 2.39. The van der Waals surface area contributed by atoms with Gasteiger partial charge in [0.05, 0.1) is 11.3 Å². The Balaban J connectivity index is 1.95. The topological polar surface area (TPSA) is 101 Å². The zero-order valence-corrected chi connectivity index (χ0v) is 13.1. The van der Waals surface area contributed by atoms with Crippen LogP contribution in [0.4, 0.5) is 29.5 Å². The number of alkyl halides is 3. The second-order valence-corrected chi connectivity index (χ2v) is 5.42. The number of fused-ring (bicyclic) bond motifs is 1. The maximum atomic E-state index is 13.2. The maximum Gasteiger partial charge on any atom is 0.418 e. The number of amides is 2. The molecule has 0 saturated heterocycles. The minimum absolute atomic E-state index is 0.126. The predicted molar refractivity (Wildman–Crippen MR) is 84.4 cm³/mol. The molecule has 0 atom stereocenters. The van der Waals surface area contributed by atoms with Crippen molar-refractivity contribution in [2.75, 3.05) is 10.6 Å². The van der Waals surface area contributed by atoms with Crippen LogP contribution in [0.3, 0.4) is 0 Å². The predicted octanol–water partition coefficient (Wildman–Crippen LogP) is 3.87. The van der Waals surface area contributed by atoms with Gasteiger partial charge in [0.2, 0.25) is 5.91 Å². The highest BCUT2D eigenvalue weighted by atomic mass is 19.4. The first-order chi connectivity index (χ1) is 12.2. The van der Waals surface area contributed by atoms with Gasteiger partial charge in [-0.25, -0.2) is 9.78 Å². The molecule has 26 heavy (non-hydrogen) atoms. The van der Waals surface area contributed by atoms with Gasteiger partial charge in [-0.3, -0.25) is 10.1 Å². The quantitative estimate of drug-likeness (QED) is 0.765. The lowest BCUT2D eigenvalue weighted by atomic mass is 10.1. The number of pyridine rings is 1. The Morgan fingerprint density at radius 2 is 2.04 bits per heavy atom. The van der Waals surface area contributed by atoms with Crippen LogP contribution in [0.2, 0.25) is 0 Å². The van der Waals surface area contributed by atoms with Crippen LogP contribution >= 0.6 is 0 Å². The number of rotatable bonds is 3. The van der Waals surface area contributed by atoms with E-state index in [0.717, 1.165) is 6.07 Å². The lowest BCUT2D eigenvalue weighted by molar-refractivity contribution is -0.137. The van der Waals surface area contributed by atoms with Crippen molar-refractivity contribution in [3.8, 4) is 11.5 Å². The number of ether oxygens (including phenoxy) is 1. The van der Waals surface area contributed by atoms with Gasteiger partial charge in [-0.15, -0.1) is 0 Å². The Morgan fingerprint density at radius 3 is 2.73 bits per heavy atom. The molecular weight excluding hydrogens is 355 g/mol. The summed E-state index contributed by atoms with van der Waals surface area (Å²) in [7, 11) is 0. The molecule has 7 nitrogen and oxygen atoms in total. The third-order valence-corrected chi connectivity index (χ3v) is 3.64. The number of hydrogen-bond acceptors (Lipinski definition) is 4. The second kappa shape index (κ2) is 6.54. The fourth-order valence-electron chi connectivity index (χ4n) is 2.53. The largest absolute Gasteiger partial charge is 0.465 e. The van der Waals surface area contributed by atoms with E-state index < -0.39 is 23.5 Å². The second-order valence-electron chi connectivity index (χ2n) is 5.42. The molecule has 2 amide bonds. The number of nitrogens with one attached hydrogen (secondary N) is 2. The minimum atomic E-state index is -4.78. The molecule has 1 aliphatic heterocycles. The fraction of sp³-hybridized carbons (Fsp3) is 0.188. The average Bonchev–Trinajstić information content (AvgIpc) is 2.54. The molecular formula is C16H12F3N3O4. The summed E-state index contributed by atoms with van der Waals surface area (Å²) in [6, 6.07) is 4.38. The van der Waals surface area contributed by atoms with E-state index >= 15 is 0 Å². The first kappa shape index (κ1) is 17.5. The smallest absolute Gasteiger partial charge is 0.418 e. The molecule has 0 radical (unpaired) electrons. The van der Waals surface area contributed by atoms with Crippen molar-refractivity contribution in [1.29, 1.82) is 0 Å². The first-order valence-corrected chi connectivity index (χ1v) is 7.41. The van der Waals surface area contributed by atoms with Crippen LogP contribution in [0.5, 0.6) is 11.5 Å². The lowest BCUT2D eigenvalue weighted by Gasteiger charge is -2.19. The van der Waals surface area contributed by atoms with Gasteiger partial charge in [-0.2, -0.15) is 13.2 Å². The SMILES string of the molecule is O=C(O)Nc1ccc(Oc2ccnc3c2CCC(=O)N3)cc1C(F)(F)F. The molecule has 0 unspecified atom stereocenters. The average molecular weight is 367 g/mol. The summed E-state index contributed by atoms with van der Waals surface area (Å²) >= 11 is 0. The van der Waals surface area contributed by atoms with Crippen molar-refractivity contribution < 1.29 is 32.6 Å². The summed E-state index contributed by atoms with van der Waals surface area (Å²) < 4.78 is 45.1. The van der Waals surface area contributed by atoms with Gasteiger partial charge < -0.3 is 15.2 Å². The Kier molecular flexibility index (Phi) is 4.41. The van der Waals surface area contributed by atoms with E-state index in [1.54, 1.807) is 5.32 Å². The summed E-state index contributed by atoms with van der Waals surface area (Å²) in [4.78, 5) is 26.1. The van der Waals surface area contributed by atoms with Crippen molar-refractivity contribution in [2.45, 2.75) is 19.0 Å². The lowest BCUT2D eigenvalue weighted by Crippen LogP contribution is -2.20. The van der Waals surface area contributed by atoms with Crippen LogP contribution in [-0.4, -0.2) is 22.1 Å². The third kappa shape index (κ3) is 3.68. The Hall–Kier alpha value is -3.30. The number of aromatic nitrogens is 1. The number of carbonyl (C=O) groups is 2. The van der Waals surface area contributed by atoms with Gasteiger partial charge in [0.15, 0.2) is 0 Å². The zero-order chi connectivity index (χ0) is 18.9. The molecule has 0 spiro atoms. The molecule has 136 valence electrons. The summed E-state index contributed by atoms with van der Waals surface area (Å²) in [5, 5.41) is 12.9. The number of carbonyl (C=O) groups excluding carboxylic acids is 1. The van der Waals surface area contributed by atoms with Crippen molar-refractivity contribution in [1.82, 2.24) is 4.98 Å². The molecule has 1 aliphatic rings. The van der Waals surface area contributed by atoms with Crippen LogP contribution in [0.1, 0.15) is 17.5 Å². The molecule has 3 N–H and O–H groups in total. The van der Waals surface area contributed by atoms with Crippen molar-refractivity contribution in [3.63, 3.8) is 0 Å². The van der Waals surface area contributed by atoms with Gasteiger partial charge >= 0.3 is 12.3 Å². The molecule has 3 rings (SSSR count). The van der Waals surface area contributed by atoms with E-state index in [1.165, 1.54) is 18.3 Å². The Bertz CT molecular complexity index is 884. The van der Waals surface area contributed by atoms with Crippen molar-refractivity contribution >= 4 is 23.5 Å². The number of anilines is 2. The van der Waals surface area contributed by atoms with Crippen LogP contribution in [0.15, 0.2) is 30.5 Å². The molecule has 0 fully saturated rings. The number of benzene rings is 1. The van der Waals surface area contributed by atoms with Crippen LogP contribution in [0.25, 0.3) is 0 Å². The van der Waals surface area contributed by atoms with E-state index in [0.29, 0.717) is 23.9 Å². The summed E-state index contributed by atoms with van der Waals surface area (Å²) in [6.07, 6.45) is -4.46. The summed E-state index contributed by atoms with van der Waals surface area (Å²) in [5.74, 6) is 0.241. The van der Waals surface area contributed by atoms with E-state index in [2.05, 4.69) is 10.3 Å². The number of halogens is 3. The normalized spacial score (nSPS) is 13.6. The Morgan fingerprint density at radius 1 is 1.27 bits per heavy atom. The van der Waals surface area contributed by atoms with Crippen molar-refractivity contribution in [3.05, 3.63) is 41.6 Å². The molecule has 10 heteroatoms. The van der Waals surface area contributed by atoms with E-state index in [9.17, 15) is 22.8 Å². The van der Waals surface area contributed by atoms with E-state index in [-0.39, 0.29) is 23.8 Å². The highest BCUT2D eigenvalue weighted by Gasteiger charge is 2.34. The van der Waals surface area contributed by atoms with Crippen LogP contribution in [0, 0.1) is 0 Å². The molecule has 0 bridgehead atoms. The molecule has 0 aliphatic carbocycles. The van der Waals surface area contributed by atoms with E-state index in [1.807, 2.05) is 0 Å². The molecule has 1 aromatic heterocycles. The maximum absolute atomic E-state index is 13.2. The summed E-state index contributed by atoms with van der Waals surface area (Å²) in [6.45, 7) is 0. The Labute approximate surface area is 144 Å². The van der Waals surface area contributed by atoms with Gasteiger partial charge in [-0.05, 0) is 30.7 Å². The van der Waals surface area contributed by atoms with E-state index in [4.69, 9.17) is 9.84 Å². The number of carboxylic acid groups (broad SMARTS) is 1. The van der Waals surface area contributed by atoms with Gasteiger partial charge in [0.25, 0.3) is 0 Å². The van der Waals surface area contributed by atoms with Crippen molar-refractivity contribution in [2.24, 2.45) is 0 Å².